The van der Waals surface area contributed by atoms with Crippen LogP contribution in [0.3, 0.4) is 0 Å². The van der Waals surface area contributed by atoms with Crippen LogP contribution in [0.2, 0.25) is 0 Å². The minimum absolute atomic E-state index is 0.169. The summed E-state index contributed by atoms with van der Waals surface area (Å²) >= 11 is 1.60. The number of carbonyl (C=O) groups is 1. The van der Waals surface area contributed by atoms with E-state index in [1.807, 2.05) is 13.0 Å². The molecule has 0 radical (unpaired) electrons. The topological polar surface area (TPSA) is 63.3 Å². The lowest BCUT2D eigenvalue weighted by Crippen LogP contribution is -2.30. The van der Waals surface area contributed by atoms with Gasteiger partial charge in [0.15, 0.2) is 0 Å². The first kappa shape index (κ1) is 15.0. The highest BCUT2D eigenvalue weighted by Crippen LogP contribution is 2.14. The molecule has 0 amide bonds. The molecule has 3 N–H and O–H groups in total. The van der Waals surface area contributed by atoms with Gasteiger partial charge in [-0.05, 0) is 48.5 Å². The van der Waals surface area contributed by atoms with Crippen molar-refractivity contribution in [1.82, 2.24) is 0 Å². The fourth-order valence-corrected chi connectivity index (χ4v) is 2.46. The normalized spacial score (nSPS) is 12.4. The van der Waals surface area contributed by atoms with Crippen LogP contribution in [0.25, 0.3) is 0 Å². The molecule has 1 aromatic rings. The summed E-state index contributed by atoms with van der Waals surface area (Å²) < 4.78 is 13.5. The highest BCUT2D eigenvalue weighted by atomic mass is 32.2. The van der Waals surface area contributed by atoms with E-state index < -0.39 is 12.0 Å². The molecule has 0 saturated heterocycles. The second-order valence-corrected chi connectivity index (χ2v) is 5.42. The van der Waals surface area contributed by atoms with Crippen molar-refractivity contribution < 1.29 is 14.3 Å². The highest BCUT2D eigenvalue weighted by Gasteiger charge is 2.10. The van der Waals surface area contributed by atoms with E-state index in [-0.39, 0.29) is 5.82 Å². The standard InChI is InChI=1S/C13H18FNO2S/c1-9-2-3-10(11(14)8-9)4-6-18-7-5-12(15)13(16)17/h2-3,8,12H,4-7,15H2,1H3,(H,16,17). The lowest BCUT2D eigenvalue weighted by Gasteiger charge is -2.06. The molecule has 0 heterocycles. The number of aryl methyl sites for hydroxylation is 2. The first-order valence-corrected chi connectivity index (χ1v) is 6.97. The summed E-state index contributed by atoms with van der Waals surface area (Å²) in [5.74, 6) is 0.311. The molecular formula is C13H18FNO2S. The summed E-state index contributed by atoms with van der Waals surface area (Å²) in [5.41, 5.74) is 7.00. The SMILES string of the molecule is Cc1ccc(CCSCCC(N)C(=O)O)c(F)c1. The van der Waals surface area contributed by atoms with Crippen molar-refractivity contribution in [2.24, 2.45) is 5.73 Å². The average molecular weight is 271 g/mol. The van der Waals surface area contributed by atoms with E-state index in [4.69, 9.17) is 10.8 Å². The smallest absolute Gasteiger partial charge is 0.320 e. The summed E-state index contributed by atoms with van der Waals surface area (Å²) in [5, 5.41) is 8.60. The molecular weight excluding hydrogens is 253 g/mol. The number of hydrogen-bond donors (Lipinski definition) is 2. The van der Waals surface area contributed by atoms with Crippen LogP contribution < -0.4 is 5.73 Å². The minimum Gasteiger partial charge on any atom is -0.480 e. The number of thioether (sulfide) groups is 1. The van der Waals surface area contributed by atoms with E-state index in [0.29, 0.717) is 24.2 Å². The van der Waals surface area contributed by atoms with Crippen LogP contribution >= 0.6 is 11.8 Å². The lowest BCUT2D eigenvalue weighted by molar-refractivity contribution is -0.138. The zero-order valence-corrected chi connectivity index (χ0v) is 11.2. The summed E-state index contributed by atoms with van der Waals surface area (Å²) in [6.45, 7) is 1.86. The Labute approximate surface area is 111 Å². The molecule has 1 rings (SSSR count). The third-order valence-electron chi connectivity index (χ3n) is 2.61. The Hall–Kier alpha value is -1.07. The third-order valence-corrected chi connectivity index (χ3v) is 3.63. The fourth-order valence-electron chi connectivity index (χ4n) is 1.47. The van der Waals surface area contributed by atoms with Crippen LogP contribution in [-0.4, -0.2) is 28.6 Å². The lowest BCUT2D eigenvalue weighted by atomic mass is 10.1. The van der Waals surface area contributed by atoms with Crippen LogP contribution in [0.4, 0.5) is 4.39 Å². The van der Waals surface area contributed by atoms with Gasteiger partial charge in [0.05, 0.1) is 0 Å². The van der Waals surface area contributed by atoms with Crippen LogP contribution in [0.5, 0.6) is 0 Å². The number of aliphatic carboxylic acids is 1. The largest absolute Gasteiger partial charge is 0.480 e. The van der Waals surface area contributed by atoms with E-state index in [2.05, 4.69) is 0 Å². The van der Waals surface area contributed by atoms with Crippen molar-refractivity contribution in [1.29, 1.82) is 0 Å². The molecule has 18 heavy (non-hydrogen) atoms. The molecule has 0 bridgehead atoms. The Bertz CT molecular complexity index is 412. The molecule has 0 fully saturated rings. The maximum absolute atomic E-state index is 13.5. The maximum atomic E-state index is 13.5. The number of nitrogens with two attached hydrogens (primary N) is 1. The van der Waals surface area contributed by atoms with E-state index >= 15 is 0 Å². The number of halogens is 1. The first-order chi connectivity index (χ1) is 8.50. The Kier molecular flexibility index (Phi) is 6.15. The number of hydrogen-bond acceptors (Lipinski definition) is 3. The zero-order valence-electron chi connectivity index (χ0n) is 10.4. The summed E-state index contributed by atoms with van der Waals surface area (Å²) in [7, 11) is 0. The maximum Gasteiger partial charge on any atom is 0.320 e. The Morgan fingerprint density at radius 2 is 2.22 bits per heavy atom. The Morgan fingerprint density at radius 1 is 1.50 bits per heavy atom. The summed E-state index contributed by atoms with van der Waals surface area (Å²) in [6, 6.07) is 4.42. The quantitative estimate of drug-likeness (QED) is 0.746. The summed E-state index contributed by atoms with van der Waals surface area (Å²) in [4.78, 5) is 10.5. The van der Waals surface area contributed by atoms with Gasteiger partial charge in [-0.3, -0.25) is 4.79 Å². The molecule has 0 spiro atoms. The van der Waals surface area contributed by atoms with E-state index in [1.54, 1.807) is 17.8 Å². The molecule has 0 saturated carbocycles. The second kappa shape index (κ2) is 7.38. The first-order valence-electron chi connectivity index (χ1n) is 5.82. The van der Waals surface area contributed by atoms with Crippen LogP contribution in [0, 0.1) is 12.7 Å². The van der Waals surface area contributed by atoms with Gasteiger partial charge in [-0.25, -0.2) is 4.39 Å². The van der Waals surface area contributed by atoms with Crippen molar-refractivity contribution in [2.75, 3.05) is 11.5 Å². The molecule has 1 atom stereocenters. The molecule has 1 aromatic carbocycles. The average Bonchev–Trinajstić information content (AvgIpc) is 2.30. The van der Waals surface area contributed by atoms with Gasteiger partial charge >= 0.3 is 5.97 Å². The van der Waals surface area contributed by atoms with Crippen molar-refractivity contribution in [3.8, 4) is 0 Å². The molecule has 0 aliphatic heterocycles. The molecule has 0 aromatic heterocycles. The van der Waals surface area contributed by atoms with E-state index in [9.17, 15) is 9.18 Å². The number of rotatable bonds is 7. The fraction of sp³-hybridized carbons (Fsp3) is 0.462. The predicted molar refractivity (Wildman–Crippen MR) is 72.4 cm³/mol. The van der Waals surface area contributed by atoms with Crippen LogP contribution in [0.1, 0.15) is 17.5 Å². The van der Waals surface area contributed by atoms with Crippen LogP contribution in [-0.2, 0) is 11.2 Å². The number of carboxylic acids is 1. The second-order valence-electron chi connectivity index (χ2n) is 4.19. The van der Waals surface area contributed by atoms with Crippen molar-refractivity contribution in [3.05, 3.63) is 35.1 Å². The van der Waals surface area contributed by atoms with Gasteiger partial charge in [0, 0.05) is 0 Å². The van der Waals surface area contributed by atoms with Crippen molar-refractivity contribution in [3.63, 3.8) is 0 Å². The molecule has 100 valence electrons. The van der Waals surface area contributed by atoms with Gasteiger partial charge in [-0.2, -0.15) is 11.8 Å². The van der Waals surface area contributed by atoms with Gasteiger partial charge in [-0.15, -0.1) is 0 Å². The Balaban J connectivity index is 2.24. The molecule has 0 aliphatic carbocycles. The highest BCUT2D eigenvalue weighted by molar-refractivity contribution is 7.99. The molecule has 3 nitrogen and oxygen atoms in total. The zero-order chi connectivity index (χ0) is 13.5. The van der Waals surface area contributed by atoms with Crippen molar-refractivity contribution in [2.45, 2.75) is 25.8 Å². The van der Waals surface area contributed by atoms with Gasteiger partial charge < -0.3 is 10.8 Å². The van der Waals surface area contributed by atoms with Crippen LogP contribution in [0.15, 0.2) is 18.2 Å². The number of benzene rings is 1. The van der Waals surface area contributed by atoms with Gasteiger partial charge in [0.1, 0.15) is 11.9 Å². The Morgan fingerprint density at radius 3 is 2.83 bits per heavy atom. The molecule has 0 aliphatic rings. The van der Waals surface area contributed by atoms with Gasteiger partial charge in [0.2, 0.25) is 0 Å². The molecule has 5 heteroatoms. The summed E-state index contributed by atoms with van der Waals surface area (Å²) in [6.07, 6.45) is 1.09. The predicted octanol–water partition coefficient (Wildman–Crippen LogP) is 2.21. The van der Waals surface area contributed by atoms with Gasteiger partial charge in [-0.1, -0.05) is 12.1 Å². The third kappa shape index (κ3) is 5.06. The van der Waals surface area contributed by atoms with Gasteiger partial charge in [0.25, 0.3) is 0 Å². The molecule has 1 unspecified atom stereocenters. The van der Waals surface area contributed by atoms with E-state index in [0.717, 1.165) is 11.3 Å². The van der Waals surface area contributed by atoms with E-state index in [1.165, 1.54) is 6.07 Å². The monoisotopic (exact) mass is 271 g/mol. The number of carboxylic acid groups (broad SMARTS) is 1. The van der Waals surface area contributed by atoms with Crippen molar-refractivity contribution >= 4 is 17.7 Å². The minimum atomic E-state index is -0.972.